The molecule has 3 aliphatic rings. The second-order valence-corrected chi connectivity index (χ2v) is 16.3. The minimum absolute atomic E-state index is 0. The second-order valence-electron chi connectivity index (χ2n) is 13.9. The van der Waals surface area contributed by atoms with Crippen LogP contribution in [-0.4, -0.2) is 166 Å². The van der Waals surface area contributed by atoms with Crippen molar-refractivity contribution >= 4 is 122 Å². The van der Waals surface area contributed by atoms with Gasteiger partial charge in [-0.25, -0.2) is 9.78 Å². The van der Waals surface area contributed by atoms with Gasteiger partial charge in [0.15, 0.2) is 22.3 Å². The number of thioether (sulfide) groups is 1. The Morgan fingerprint density at radius 3 is 2.48 bits per heavy atom. The average Bonchev–Trinajstić information content (AvgIpc) is 3.83. The Hall–Kier alpha value is -4.91. The van der Waals surface area contributed by atoms with Crippen LogP contribution < -0.4 is 26.9 Å². The number of hydrogen-bond donors (Lipinski definition) is 7. The number of hydrogen-bond acceptors (Lipinski definition) is 16. The molecule has 2 aromatic heterocycles. The summed E-state index contributed by atoms with van der Waals surface area (Å²) >= 11 is 8.32. The van der Waals surface area contributed by atoms with Gasteiger partial charge >= 0.3 is 41.5 Å². The molecular weight excluding hydrogens is 863 g/mol. The number of oxime groups is 1. The molecule has 8 N–H and O–H groups in total. The molecule has 3 aliphatic heterocycles. The zero-order chi connectivity index (χ0) is 42.9. The second kappa shape index (κ2) is 18.8. The fourth-order valence-electron chi connectivity index (χ4n) is 7.32. The van der Waals surface area contributed by atoms with Crippen LogP contribution in [0.25, 0.3) is 10.9 Å². The van der Waals surface area contributed by atoms with Crippen LogP contribution in [0.15, 0.2) is 38.9 Å². The molecule has 3 atom stereocenters. The first kappa shape index (κ1) is 46.2. The average molecular weight is 901 g/mol. The van der Waals surface area contributed by atoms with Crippen molar-refractivity contribution in [2.45, 2.75) is 50.3 Å². The molecule has 2 saturated heterocycles. The number of thiazole rings is 1. The summed E-state index contributed by atoms with van der Waals surface area (Å²) in [6.45, 7) is 3.91. The van der Waals surface area contributed by atoms with E-state index in [1.54, 1.807) is 11.5 Å². The van der Waals surface area contributed by atoms with Crippen LogP contribution in [0.1, 0.15) is 42.2 Å². The predicted octanol–water partition coefficient (Wildman–Crippen LogP) is -1.43. The number of phenolic OH excluding ortho intramolecular Hbond substituents is 2. The number of anilines is 1. The number of likely N-dealkylation sites (tertiary alicyclic amines) is 1. The molecule has 6 rings (SSSR count). The summed E-state index contributed by atoms with van der Waals surface area (Å²) in [6.07, 6.45) is -0.00987. The monoisotopic (exact) mass is 900 g/mol. The molecule has 0 aliphatic carbocycles. The fourth-order valence-corrected chi connectivity index (χ4v) is 9.48. The molecule has 316 valence electrons. The number of aromatic nitrogens is 2. The number of carboxylic acid groups (broad SMARTS) is 3. The number of aryl methyl sites for hydroxylation is 1. The summed E-state index contributed by atoms with van der Waals surface area (Å²) in [5.41, 5.74) is 4.24. The minimum atomic E-state index is -1.97. The van der Waals surface area contributed by atoms with Gasteiger partial charge < -0.3 is 60.6 Å². The molecule has 0 radical (unpaired) electrons. The van der Waals surface area contributed by atoms with Crippen molar-refractivity contribution in [3.8, 4) is 11.5 Å². The van der Waals surface area contributed by atoms with Crippen LogP contribution in [-0.2, 0) is 35.4 Å². The summed E-state index contributed by atoms with van der Waals surface area (Å²) in [5.74, 6) is -8.41. The zero-order valence-corrected chi connectivity index (χ0v) is 33.4. The van der Waals surface area contributed by atoms with Crippen molar-refractivity contribution in [1.82, 2.24) is 25.1 Å². The number of halogens is 1. The van der Waals surface area contributed by atoms with Crippen LogP contribution in [0, 0.1) is 0 Å². The molecule has 5 heterocycles. The third-order valence-electron chi connectivity index (χ3n) is 10.2. The topological polar surface area (TPSA) is 316 Å². The molecular formula is C35H38ClN8NaO13S2. The molecule has 0 saturated carbocycles. The Labute approximate surface area is 374 Å². The van der Waals surface area contributed by atoms with Crippen molar-refractivity contribution in [2.24, 2.45) is 5.16 Å². The predicted molar refractivity (Wildman–Crippen MR) is 216 cm³/mol. The summed E-state index contributed by atoms with van der Waals surface area (Å²) in [7, 11) is 0. The number of fused-ring (bicyclic) bond motifs is 2. The fraction of sp³-hybridized carbons (Fsp3) is 0.400. The molecule has 0 spiro atoms. The van der Waals surface area contributed by atoms with E-state index in [2.05, 4.69) is 20.8 Å². The number of pyridine rings is 1. The summed E-state index contributed by atoms with van der Waals surface area (Å²) in [6, 6.07) is -0.0769. The van der Waals surface area contributed by atoms with Gasteiger partial charge in [0.1, 0.15) is 29.2 Å². The Morgan fingerprint density at radius 2 is 1.88 bits per heavy atom. The SMILES string of the molecule is CCn1cc(C(=O)NCC[N+]2(CC3=C(C(=O)[O-])N4C(=O)[C@@H](NC(=O)/C(=N\O[C@@H](CC(=O)O)C(=O)O)c5csc(N)n5)[C@H]4SC3)CCCC2)c(=O)c2c(Cl)c(O)c(O)cc21.[NaH]. The first-order valence-electron chi connectivity index (χ1n) is 18.0. The van der Waals surface area contributed by atoms with Gasteiger partial charge in [-0.2, -0.15) is 0 Å². The van der Waals surface area contributed by atoms with Crippen LogP contribution in [0.2, 0.25) is 5.02 Å². The third kappa shape index (κ3) is 9.21. The number of rotatable bonds is 16. The van der Waals surface area contributed by atoms with Crippen molar-refractivity contribution in [1.29, 1.82) is 0 Å². The van der Waals surface area contributed by atoms with Gasteiger partial charge in [0.25, 0.3) is 17.7 Å². The van der Waals surface area contributed by atoms with E-state index in [4.69, 9.17) is 27.3 Å². The van der Waals surface area contributed by atoms with Crippen LogP contribution in [0.4, 0.5) is 5.13 Å². The van der Waals surface area contributed by atoms with E-state index in [1.165, 1.54) is 29.4 Å². The molecule has 0 unspecified atom stereocenters. The number of nitrogens with one attached hydrogen (secondary N) is 2. The van der Waals surface area contributed by atoms with Crippen LogP contribution in [0.5, 0.6) is 11.5 Å². The molecule has 0 bridgehead atoms. The van der Waals surface area contributed by atoms with E-state index < -0.39 is 87.2 Å². The first-order valence-corrected chi connectivity index (χ1v) is 20.3. The molecule has 21 nitrogen and oxygen atoms in total. The summed E-state index contributed by atoms with van der Waals surface area (Å²) in [4.78, 5) is 99.0. The first-order chi connectivity index (χ1) is 28.0. The van der Waals surface area contributed by atoms with E-state index >= 15 is 0 Å². The quantitative estimate of drug-likeness (QED) is 0.0216. The number of benzene rings is 1. The van der Waals surface area contributed by atoms with Crippen molar-refractivity contribution in [2.75, 3.05) is 44.2 Å². The van der Waals surface area contributed by atoms with Crippen LogP contribution in [0.3, 0.4) is 0 Å². The maximum absolute atomic E-state index is 13.6. The number of aliphatic carboxylic acids is 3. The number of nitrogen functional groups attached to an aromatic ring is 1. The van der Waals surface area contributed by atoms with Gasteiger partial charge in [0, 0.05) is 48.4 Å². The number of quaternary nitrogens is 1. The van der Waals surface area contributed by atoms with Gasteiger partial charge in [0.05, 0.1) is 60.2 Å². The molecule has 1 aromatic carbocycles. The van der Waals surface area contributed by atoms with E-state index in [-0.39, 0.29) is 81.4 Å². The molecule has 60 heavy (non-hydrogen) atoms. The number of phenols is 2. The summed E-state index contributed by atoms with van der Waals surface area (Å²) < 4.78 is 1.89. The Bertz CT molecular complexity index is 2400. The number of carboxylic acids is 3. The molecule has 2 fully saturated rings. The number of β-lactam (4-membered cyclic amide) rings is 1. The van der Waals surface area contributed by atoms with Gasteiger partial charge in [0.2, 0.25) is 11.5 Å². The number of nitrogens with two attached hydrogens (primary N) is 1. The normalized spacial score (nSPS) is 18.9. The molecule has 25 heteroatoms. The van der Waals surface area contributed by atoms with Gasteiger partial charge in [-0.05, 0) is 6.92 Å². The van der Waals surface area contributed by atoms with Gasteiger partial charge in [-0.1, -0.05) is 16.8 Å². The molecule has 3 amide bonds. The maximum atomic E-state index is 13.6. The van der Waals surface area contributed by atoms with Crippen LogP contribution >= 0.6 is 34.7 Å². The van der Waals surface area contributed by atoms with E-state index in [0.717, 1.165) is 29.1 Å². The Kier molecular flexibility index (Phi) is 14.5. The van der Waals surface area contributed by atoms with E-state index in [9.17, 15) is 54.0 Å². The van der Waals surface area contributed by atoms with Crippen molar-refractivity contribution in [3.63, 3.8) is 0 Å². The third-order valence-corrected chi connectivity index (χ3v) is 12.6. The van der Waals surface area contributed by atoms with E-state index in [0.29, 0.717) is 36.2 Å². The number of aromatic hydroxyl groups is 2. The van der Waals surface area contributed by atoms with Crippen molar-refractivity contribution < 1.29 is 63.6 Å². The summed E-state index contributed by atoms with van der Waals surface area (Å²) in [5, 5.41) is 59.9. The van der Waals surface area contributed by atoms with E-state index in [1.807, 2.05) is 0 Å². The molecule has 3 aromatic rings. The zero-order valence-electron chi connectivity index (χ0n) is 31.0. The van der Waals surface area contributed by atoms with Gasteiger partial charge in [-0.3, -0.25) is 28.9 Å². The number of amides is 3. The Morgan fingerprint density at radius 1 is 1.18 bits per heavy atom. The standard InChI is InChI=1S/C35H37ClN8O13S2.Na.H/c1-2-42-11-16(27(48)22-18(42)9-19(45)28(49)23(22)36)29(50)38-5-8-44(6-3-4-7-44)12-15-13-58-32-25(31(52)43(32)26(15)34(55)56)40-30(51)24(17-14-59-35(37)39-17)41-57-20(33(53)54)10-21(46)47;;/h9,11,14,20,25,32H,2-8,10,12-13H2,1H3,(H8-,37,38,39,40,41,45,46,47,48,49,50,51,53,54,55,56);;/t20-,25+,32+;;/m0../s1. The van der Waals surface area contributed by atoms with Gasteiger partial charge in [-0.15, -0.1) is 23.1 Å². The number of nitrogens with zero attached hydrogens (tertiary/aromatic N) is 5. The number of carbonyl (C=O) groups excluding carboxylic acids is 4. The van der Waals surface area contributed by atoms with Crippen molar-refractivity contribution in [3.05, 3.63) is 55.4 Å². The Balaban J connectivity index is 0.00000683. The number of carbonyl (C=O) groups is 6.